The number of allylic oxidation sites excluding steroid dienone is 1. The van der Waals surface area contributed by atoms with Crippen LogP contribution >= 0.6 is 23.4 Å². The van der Waals surface area contributed by atoms with Crippen LogP contribution in [0.1, 0.15) is 50.5 Å². The van der Waals surface area contributed by atoms with E-state index in [1.165, 1.54) is 0 Å². The summed E-state index contributed by atoms with van der Waals surface area (Å²) in [4.78, 5) is 45.3. The summed E-state index contributed by atoms with van der Waals surface area (Å²) in [7, 11) is 0. The van der Waals surface area contributed by atoms with Gasteiger partial charge in [-0.05, 0) is 63.5 Å². The molecule has 1 N–H and O–H groups in total. The first-order chi connectivity index (χ1) is 18.8. The molecule has 0 radical (unpaired) electrons. The number of aliphatic hydroxyl groups is 1. The SMILES string of the molecule is C=CCCCCOC(=O)[C@@H]1[C@H]2C(=O)N(CCCCO)C(C(=O)N(CC=C)c3c(C)cccc3Cl)C23CC[C@H]1S3. The number of hydrogen-bond acceptors (Lipinski definition) is 6. The standard InChI is InChI=1S/C30H39ClN2O5S/c1-4-6-7-10-19-38-29(37)23-22-14-15-30(39-22)24(23)27(35)33(17-8-9-18-34)26(30)28(36)32(16-5-2)25-20(3)12-11-13-21(25)31/h4-5,11-13,22-24,26,34H,1-2,6-10,14-19H2,3H3/t22-,23+,24+,26?,30?/m1/s1. The number of nitrogens with zero attached hydrogens (tertiary/aromatic N) is 2. The number of carbonyl (C=O) groups is 3. The summed E-state index contributed by atoms with van der Waals surface area (Å²) in [5.41, 5.74) is 1.46. The van der Waals surface area contributed by atoms with Gasteiger partial charge in [0.25, 0.3) is 5.91 Å². The molecule has 0 aliphatic carbocycles. The average molecular weight is 575 g/mol. The fraction of sp³-hybridized carbons (Fsp3) is 0.567. The van der Waals surface area contributed by atoms with Crippen LogP contribution in [0.2, 0.25) is 5.02 Å². The number of aliphatic hydroxyl groups excluding tert-OH is 1. The number of thioether (sulfide) groups is 1. The number of ether oxygens (including phenoxy) is 1. The number of anilines is 1. The Morgan fingerprint density at radius 1 is 1.26 bits per heavy atom. The van der Waals surface area contributed by atoms with Crippen LogP contribution in [-0.2, 0) is 19.1 Å². The first-order valence-electron chi connectivity index (χ1n) is 13.9. The summed E-state index contributed by atoms with van der Waals surface area (Å²) in [5.74, 6) is -1.88. The van der Waals surface area contributed by atoms with Crippen molar-refractivity contribution in [1.29, 1.82) is 0 Å². The van der Waals surface area contributed by atoms with Crippen molar-refractivity contribution >= 4 is 46.8 Å². The van der Waals surface area contributed by atoms with Gasteiger partial charge in [-0.1, -0.05) is 35.9 Å². The molecule has 3 aliphatic rings. The third-order valence-corrected chi connectivity index (χ3v) is 10.5. The Labute approximate surface area is 240 Å². The Morgan fingerprint density at radius 2 is 2.05 bits per heavy atom. The quantitative estimate of drug-likeness (QED) is 0.193. The topological polar surface area (TPSA) is 87.1 Å². The number of carbonyl (C=O) groups excluding carboxylic acids is 3. The van der Waals surface area contributed by atoms with Crippen LogP contribution in [0.4, 0.5) is 5.69 Å². The zero-order valence-electron chi connectivity index (χ0n) is 22.6. The number of unbranched alkanes of at least 4 members (excludes halogenated alkanes) is 3. The highest BCUT2D eigenvalue weighted by Crippen LogP contribution is 2.66. The van der Waals surface area contributed by atoms with Gasteiger partial charge in [-0.15, -0.1) is 24.9 Å². The molecule has 2 unspecified atom stereocenters. The van der Waals surface area contributed by atoms with E-state index >= 15 is 0 Å². The molecule has 2 bridgehead atoms. The maximum atomic E-state index is 14.5. The van der Waals surface area contributed by atoms with Crippen LogP contribution < -0.4 is 4.90 Å². The van der Waals surface area contributed by atoms with E-state index in [0.29, 0.717) is 43.1 Å². The van der Waals surface area contributed by atoms with Gasteiger partial charge in [0, 0.05) is 24.9 Å². The second kappa shape index (κ2) is 12.9. The number of para-hydroxylation sites is 1. The van der Waals surface area contributed by atoms with E-state index in [4.69, 9.17) is 16.3 Å². The molecule has 1 aromatic carbocycles. The zero-order valence-corrected chi connectivity index (χ0v) is 24.2. The Kier molecular flexibility index (Phi) is 9.83. The van der Waals surface area contributed by atoms with Crippen LogP contribution in [0.3, 0.4) is 0 Å². The van der Waals surface area contributed by atoms with Crippen LogP contribution in [0.25, 0.3) is 0 Å². The molecule has 39 heavy (non-hydrogen) atoms. The lowest BCUT2D eigenvalue weighted by molar-refractivity contribution is -0.154. The zero-order chi connectivity index (χ0) is 28.2. The molecule has 7 nitrogen and oxygen atoms in total. The second-order valence-electron chi connectivity index (χ2n) is 10.6. The highest BCUT2D eigenvalue weighted by molar-refractivity contribution is 8.02. The van der Waals surface area contributed by atoms with Gasteiger partial charge in [0.1, 0.15) is 6.04 Å². The molecule has 9 heteroatoms. The molecule has 1 aromatic rings. The van der Waals surface area contributed by atoms with E-state index in [2.05, 4.69) is 13.2 Å². The number of likely N-dealkylation sites (tertiary alicyclic amines) is 1. The third kappa shape index (κ3) is 5.52. The number of aryl methyl sites for hydroxylation is 1. The van der Waals surface area contributed by atoms with Gasteiger partial charge in [0.2, 0.25) is 5.91 Å². The number of amides is 2. The summed E-state index contributed by atoms with van der Waals surface area (Å²) in [6.07, 6.45) is 8.52. The molecule has 212 valence electrons. The summed E-state index contributed by atoms with van der Waals surface area (Å²) in [6.45, 7) is 10.4. The molecule has 4 rings (SSSR count). The van der Waals surface area contributed by atoms with Crippen LogP contribution in [0.5, 0.6) is 0 Å². The van der Waals surface area contributed by atoms with E-state index in [0.717, 1.165) is 31.2 Å². The molecule has 3 aliphatic heterocycles. The van der Waals surface area contributed by atoms with Crippen LogP contribution in [-0.4, -0.2) is 70.1 Å². The summed E-state index contributed by atoms with van der Waals surface area (Å²) < 4.78 is 4.97. The van der Waals surface area contributed by atoms with Crippen molar-refractivity contribution in [3.63, 3.8) is 0 Å². The Hall–Kier alpha value is -2.29. The van der Waals surface area contributed by atoms with E-state index < -0.39 is 22.6 Å². The van der Waals surface area contributed by atoms with Crippen molar-refractivity contribution in [1.82, 2.24) is 4.90 Å². The van der Waals surface area contributed by atoms with Crippen LogP contribution in [0, 0.1) is 18.8 Å². The van der Waals surface area contributed by atoms with Crippen molar-refractivity contribution in [3.05, 3.63) is 54.1 Å². The van der Waals surface area contributed by atoms with E-state index in [-0.39, 0.29) is 36.2 Å². The highest BCUT2D eigenvalue weighted by Gasteiger charge is 2.74. The lowest BCUT2D eigenvalue weighted by Gasteiger charge is -2.37. The van der Waals surface area contributed by atoms with Crippen molar-refractivity contribution in [2.45, 2.75) is 67.9 Å². The largest absolute Gasteiger partial charge is 0.465 e. The number of halogens is 1. The van der Waals surface area contributed by atoms with Gasteiger partial charge in [-0.25, -0.2) is 0 Å². The van der Waals surface area contributed by atoms with Gasteiger partial charge in [-0.2, -0.15) is 0 Å². The molecule has 3 fully saturated rings. The molecule has 5 atom stereocenters. The average Bonchev–Trinajstić information content (AvgIpc) is 3.55. The predicted octanol–water partition coefficient (Wildman–Crippen LogP) is 4.93. The van der Waals surface area contributed by atoms with E-state index in [9.17, 15) is 19.5 Å². The molecule has 3 heterocycles. The lowest BCUT2D eigenvalue weighted by Crippen LogP contribution is -2.55. The molecule has 1 spiro atoms. The second-order valence-corrected chi connectivity index (χ2v) is 12.6. The van der Waals surface area contributed by atoms with Gasteiger partial charge >= 0.3 is 5.97 Å². The summed E-state index contributed by atoms with van der Waals surface area (Å²) in [5, 5.41) is 9.79. The van der Waals surface area contributed by atoms with Gasteiger partial charge in [-0.3, -0.25) is 14.4 Å². The minimum absolute atomic E-state index is 0.00819. The Morgan fingerprint density at radius 3 is 2.74 bits per heavy atom. The normalized spacial score (nSPS) is 26.9. The molecular formula is C30H39ClN2O5S. The number of benzene rings is 1. The van der Waals surface area contributed by atoms with Crippen molar-refractivity contribution in [2.24, 2.45) is 11.8 Å². The fourth-order valence-electron chi connectivity index (χ4n) is 6.53. The number of rotatable bonds is 14. The molecule has 2 amide bonds. The highest BCUT2D eigenvalue weighted by atomic mass is 35.5. The Bertz CT molecular complexity index is 1090. The summed E-state index contributed by atoms with van der Waals surface area (Å²) in [6, 6.07) is 4.75. The predicted molar refractivity (Wildman–Crippen MR) is 156 cm³/mol. The van der Waals surface area contributed by atoms with Crippen molar-refractivity contribution in [3.8, 4) is 0 Å². The van der Waals surface area contributed by atoms with Gasteiger partial charge in [0.05, 0.1) is 33.9 Å². The molecule has 0 aromatic heterocycles. The number of fused-ring (bicyclic) bond motifs is 1. The smallest absolute Gasteiger partial charge is 0.310 e. The minimum Gasteiger partial charge on any atom is -0.465 e. The van der Waals surface area contributed by atoms with Gasteiger partial charge in [0.15, 0.2) is 0 Å². The number of hydrogen-bond donors (Lipinski definition) is 1. The van der Waals surface area contributed by atoms with Crippen molar-refractivity contribution in [2.75, 3.05) is 31.2 Å². The van der Waals surface area contributed by atoms with E-state index in [1.807, 2.05) is 25.1 Å². The summed E-state index contributed by atoms with van der Waals surface area (Å²) >= 11 is 8.23. The fourth-order valence-corrected chi connectivity index (χ4v) is 9.05. The number of esters is 1. The maximum Gasteiger partial charge on any atom is 0.310 e. The Balaban J connectivity index is 1.68. The van der Waals surface area contributed by atoms with Crippen LogP contribution in [0.15, 0.2) is 43.5 Å². The lowest BCUT2D eigenvalue weighted by atomic mass is 9.71. The third-order valence-electron chi connectivity index (χ3n) is 8.20. The molecular weight excluding hydrogens is 536 g/mol. The van der Waals surface area contributed by atoms with Gasteiger partial charge < -0.3 is 19.6 Å². The molecule has 0 saturated carbocycles. The van der Waals surface area contributed by atoms with E-state index in [1.54, 1.807) is 33.7 Å². The monoisotopic (exact) mass is 574 g/mol. The maximum absolute atomic E-state index is 14.5. The first-order valence-corrected chi connectivity index (χ1v) is 15.1. The van der Waals surface area contributed by atoms with Crippen molar-refractivity contribution < 1.29 is 24.2 Å². The molecule has 3 saturated heterocycles. The minimum atomic E-state index is -0.746. The first kappa shape index (κ1) is 29.7.